The Labute approximate surface area is 163 Å². The van der Waals surface area contributed by atoms with E-state index in [0.717, 1.165) is 0 Å². The molecule has 4 rings (SSSR count). The highest BCUT2D eigenvalue weighted by Gasteiger charge is 2.21. The van der Waals surface area contributed by atoms with Crippen molar-refractivity contribution in [1.82, 2.24) is 21.0 Å². The molecule has 3 N–H and O–H groups in total. The average Bonchev–Trinajstić information content (AvgIpc) is 2.76. The van der Waals surface area contributed by atoms with Gasteiger partial charge in [0, 0.05) is 10.9 Å². The third-order valence-electron chi connectivity index (χ3n) is 4.29. The number of carbonyl (C=O) groups is 2. The van der Waals surface area contributed by atoms with Crippen molar-refractivity contribution in [1.29, 1.82) is 0 Å². The lowest BCUT2D eigenvalue weighted by atomic mass is 10.1. The Hall–Kier alpha value is -4.08. The first kappa shape index (κ1) is 18.3. The second-order valence-electron chi connectivity index (χ2n) is 6.06. The van der Waals surface area contributed by atoms with E-state index in [4.69, 9.17) is 14.2 Å². The number of nitrogens with zero attached hydrogens (tertiary/aromatic N) is 1. The first-order valence-electron chi connectivity index (χ1n) is 8.64. The van der Waals surface area contributed by atoms with Crippen LogP contribution in [0.1, 0.15) is 20.8 Å². The Kier molecular flexibility index (Phi) is 4.73. The molecule has 1 aliphatic rings. The van der Waals surface area contributed by atoms with Crippen LogP contribution in [0.4, 0.5) is 0 Å². The van der Waals surface area contributed by atoms with Crippen molar-refractivity contribution in [3.63, 3.8) is 0 Å². The highest BCUT2D eigenvalue weighted by molar-refractivity contribution is 6.06. The molecule has 2 heterocycles. The second-order valence-corrected chi connectivity index (χ2v) is 6.06. The van der Waals surface area contributed by atoms with Crippen LogP contribution in [0.15, 0.2) is 41.2 Å². The fourth-order valence-corrected chi connectivity index (χ4v) is 2.94. The number of aromatic nitrogens is 2. The number of aromatic amines is 1. The number of hydrogen-bond acceptors (Lipinski definition) is 7. The van der Waals surface area contributed by atoms with E-state index >= 15 is 0 Å². The van der Waals surface area contributed by atoms with Gasteiger partial charge in [0.1, 0.15) is 13.2 Å². The molecule has 0 radical (unpaired) electrons. The number of carbonyl (C=O) groups excluding carboxylic acids is 2. The molecule has 10 nitrogen and oxygen atoms in total. The Morgan fingerprint density at radius 1 is 1.07 bits per heavy atom. The normalized spacial score (nSPS) is 12.3. The van der Waals surface area contributed by atoms with E-state index < -0.39 is 17.4 Å². The number of rotatable bonds is 3. The lowest BCUT2D eigenvalue weighted by molar-refractivity contribution is 0.0843. The highest BCUT2D eigenvalue weighted by atomic mass is 16.6. The zero-order chi connectivity index (χ0) is 20.4. The van der Waals surface area contributed by atoms with Gasteiger partial charge in [0.2, 0.25) is 5.75 Å². The monoisotopic (exact) mass is 396 g/mol. The second kappa shape index (κ2) is 7.50. The van der Waals surface area contributed by atoms with Crippen molar-refractivity contribution in [2.75, 3.05) is 20.3 Å². The molecule has 3 aromatic rings. The Morgan fingerprint density at radius 3 is 2.59 bits per heavy atom. The Morgan fingerprint density at radius 2 is 1.79 bits per heavy atom. The van der Waals surface area contributed by atoms with Gasteiger partial charge in [-0.15, -0.1) is 0 Å². The summed E-state index contributed by atoms with van der Waals surface area (Å²) in [6.07, 6.45) is 0. The minimum absolute atomic E-state index is 0.0275. The molecule has 29 heavy (non-hydrogen) atoms. The molecule has 0 fully saturated rings. The maximum Gasteiger partial charge on any atom is 0.290 e. The summed E-state index contributed by atoms with van der Waals surface area (Å²) in [5, 5.41) is 6.73. The van der Waals surface area contributed by atoms with E-state index in [2.05, 4.69) is 21.0 Å². The summed E-state index contributed by atoms with van der Waals surface area (Å²) >= 11 is 0. The predicted molar refractivity (Wildman–Crippen MR) is 101 cm³/mol. The Balaban J connectivity index is 1.54. The van der Waals surface area contributed by atoms with E-state index in [1.807, 2.05) is 0 Å². The summed E-state index contributed by atoms with van der Waals surface area (Å²) in [5.74, 6) is -0.145. The molecule has 2 aromatic carbocycles. The van der Waals surface area contributed by atoms with Gasteiger partial charge in [0.15, 0.2) is 17.2 Å². The van der Waals surface area contributed by atoms with Crippen LogP contribution in [0, 0.1) is 0 Å². The van der Waals surface area contributed by atoms with Crippen LogP contribution in [0.5, 0.6) is 17.2 Å². The van der Waals surface area contributed by atoms with Gasteiger partial charge >= 0.3 is 0 Å². The van der Waals surface area contributed by atoms with Gasteiger partial charge in [0.25, 0.3) is 17.4 Å². The molecule has 0 saturated heterocycles. The molecular weight excluding hydrogens is 380 g/mol. The van der Waals surface area contributed by atoms with Gasteiger partial charge in [-0.05, 0) is 18.2 Å². The van der Waals surface area contributed by atoms with E-state index in [-0.39, 0.29) is 11.3 Å². The number of hydrogen-bond donors (Lipinski definition) is 3. The van der Waals surface area contributed by atoms with Crippen molar-refractivity contribution in [2.24, 2.45) is 0 Å². The summed E-state index contributed by atoms with van der Waals surface area (Å²) < 4.78 is 16.2. The summed E-state index contributed by atoms with van der Waals surface area (Å²) in [6.45, 7) is 0.730. The molecule has 0 unspecified atom stereocenters. The number of fused-ring (bicyclic) bond motifs is 2. The molecule has 0 saturated carbocycles. The first-order chi connectivity index (χ1) is 14.1. The Bertz CT molecular complexity index is 1160. The number of nitrogens with one attached hydrogen (secondary N) is 3. The van der Waals surface area contributed by atoms with Gasteiger partial charge in [0.05, 0.1) is 12.5 Å². The molecule has 148 valence electrons. The minimum Gasteiger partial charge on any atom is -0.493 e. The van der Waals surface area contributed by atoms with Crippen molar-refractivity contribution >= 4 is 22.6 Å². The van der Waals surface area contributed by atoms with Crippen LogP contribution in [0.2, 0.25) is 0 Å². The third kappa shape index (κ3) is 3.43. The van der Waals surface area contributed by atoms with Crippen LogP contribution in [-0.2, 0) is 0 Å². The van der Waals surface area contributed by atoms with Gasteiger partial charge in [-0.25, -0.2) is 5.10 Å². The molecule has 1 aliphatic heterocycles. The summed E-state index contributed by atoms with van der Waals surface area (Å²) in [4.78, 5) is 36.8. The standard InChI is InChI=1S/C19H16N4O6/c1-27-13-8-10(9-14-16(13)29-7-6-28-14)17(24)21-23-19(26)15-11-4-2-3-5-12(11)18(25)22-20-15/h2-5,8-9H,6-7H2,1H3,(H,21,24)(H,22,25)(H,23,26). The van der Waals surface area contributed by atoms with Crippen LogP contribution < -0.4 is 30.6 Å². The summed E-state index contributed by atoms with van der Waals surface area (Å²) in [5.41, 5.74) is 4.36. The zero-order valence-electron chi connectivity index (χ0n) is 15.3. The lowest BCUT2D eigenvalue weighted by Gasteiger charge is -2.21. The SMILES string of the molecule is COc1cc(C(=O)NNC(=O)c2n[nH]c(=O)c3ccccc23)cc2c1OCCO2. The maximum absolute atomic E-state index is 12.5. The van der Waals surface area contributed by atoms with E-state index in [0.29, 0.717) is 41.2 Å². The van der Waals surface area contributed by atoms with Crippen molar-refractivity contribution in [3.05, 3.63) is 58.0 Å². The summed E-state index contributed by atoms with van der Waals surface area (Å²) in [7, 11) is 1.45. The van der Waals surface area contributed by atoms with Crippen molar-refractivity contribution in [3.8, 4) is 17.2 Å². The molecular formula is C19H16N4O6. The number of H-pyrrole nitrogens is 1. The average molecular weight is 396 g/mol. The quantitative estimate of drug-likeness (QED) is 0.558. The van der Waals surface area contributed by atoms with Gasteiger partial charge in [-0.1, -0.05) is 18.2 Å². The molecule has 2 amide bonds. The number of benzene rings is 2. The molecule has 1 aromatic heterocycles. The molecule has 0 atom stereocenters. The minimum atomic E-state index is -0.685. The van der Waals surface area contributed by atoms with Crippen LogP contribution in [0.25, 0.3) is 10.8 Å². The van der Waals surface area contributed by atoms with Crippen LogP contribution in [-0.4, -0.2) is 42.3 Å². The third-order valence-corrected chi connectivity index (χ3v) is 4.29. The largest absolute Gasteiger partial charge is 0.493 e. The predicted octanol–water partition coefficient (Wildman–Crippen LogP) is 0.778. The number of amides is 2. The number of ether oxygens (including phenoxy) is 3. The topological polar surface area (TPSA) is 132 Å². The molecule has 0 bridgehead atoms. The molecule has 0 spiro atoms. The zero-order valence-corrected chi connectivity index (χ0v) is 15.3. The van der Waals surface area contributed by atoms with E-state index in [9.17, 15) is 14.4 Å². The van der Waals surface area contributed by atoms with Gasteiger partial charge in [-0.3, -0.25) is 25.2 Å². The smallest absolute Gasteiger partial charge is 0.290 e. The molecule has 0 aliphatic carbocycles. The summed E-state index contributed by atoms with van der Waals surface area (Å²) in [6, 6.07) is 9.50. The number of hydrazine groups is 1. The maximum atomic E-state index is 12.5. The lowest BCUT2D eigenvalue weighted by Crippen LogP contribution is -2.42. The van der Waals surface area contributed by atoms with Gasteiger partial charge < -0.3 is 14.2 Å². The van der Waals surface area contributed by atoms with Crippen LogP contribution >= 0.6 is 0 Å². The van der Waals surface area contributed by atoms with Crippen molar-refractivity contribution in [2.45, 2.75) is 0 Å². The number of methoxy groups -OCH3 is 1. The first-order valence-corrected chi connectivity index (χ1v) is 8.64. The van der Waals surface area contributed by atoms with E-state index in [1.165, 1.54) is 19.2 Å². The highest BCUT2D eigenvalue weighted by Crippen LogP contribution is 2.40. The molecule has 10 heteroatoms. The van der Waals surface area contributed by atoms with Crippen LogP contribution in [0.3, 0.4) is 0 Å². The van der Waals surface area contributed by atoms with Crippen molar-refractivity contribution < 1.29 is 23.8 Å². The fourth-order valence-electron chi connectivity index (χ4n) is 2.94. The van der Waals surface area contributed by atoms with E-state index in [1.54, 1.807) is 24.3 Å². The fraction of sp³-hybridized carbons (Fsp3) is 0.158. The van der Waals surface area contributed by atoms with Gasteiger partial charge in [-0.2, -0.15) is 5.10 Å².